The maximum atomic E-state index is 10.2. The van der Waals surface area contributed by atoms with Crippen LogP contribution in [0.15, 0.2) is 11.6 Å². The van der Waals surface area contributed by atoms with Crippen LogP contribution in [0.2, 0.25) is 0 Å². The lowest BCUT2D eigenvalue weighted by molar-refractivity contribution is -0.363. The SMILES string of the molecule is CC1(C)OC[C@H]2O[C@@H]3OCC4=C[C@H](O)[C@H]([C@@H]2O1)[C@H]43. The number of hydrogen-bond donors (Lipinski definition) is 1. The Labute approximate surface area is 106 Å². The van der Waals surface area contributed by atoms with E-state index in [2.05, 4.69) is 0 Å². The van der Waals surface area contributed by atoms with E-state index in [0.717, 1.165) is 5.57 Å². The van der Waals surface area contributed by atoms with Gasteiger partial charge in [0.1, 0.15) is 6.10 Å². The van der Waals surface area contributed by atoms with Crippen LogP contribution in [0.1, 0.15) is 13.8 Å². The highest BCUT2D eigenvalue weighted by molar-refractivity contribution is 5.26. The van der Waals surface area contributed by atoms with E-state index in [4.69, 9.17) is 18.9 Å². The molecule has 0 bridgehead atoms. The first kappa shape index (κ1) is 11.4. The zero-order chi connectivity index (χ0) is 12.5. The number of rotatable bonds is 0. The highest BCUT2D eigenvalue weighted by Gasteiger charge is 2.58. The number of aliphatic hydroxyl groups is 1. The molecule has 18 heavy (non-hydrogen) atoms. The molecule has 3 fully saturated rings. The molecule has 0 radical (unpaired) electrons. The average molecular weight is 254 g/mol. The summed E-state index contributed by atoms with van der Waals surface area (Å²) >= 11 is 0. The maximum Gasteiger partial charge on any atom is 0.165 e. The fourth-order valence-corrected chi connectivity index (χ4v) is 3.64. The second-order valence-electron chi connectivity index (χ2n) is 5.98. The molecule has 0 aromatic heterocycles. The molecule has 100 valence electrons. The smallest absolute Gasteiger partial charge is 0.165 e. The fraction of sp³-hybridized carbons (Fsp3) is 0.846. The van der Waals surface area contributed by atoms with Crippen molar-refractivity contribution < 1.29 is 24.1 Å². The molecular formula is C13H18O5. The van der Waals surface area contributed by atoms with Crippen molar-refractivity contribution in [1.29, 1.82) is 0 Å². The van der Waals surface area contributed by atoms with Gasteiger partial charge in [0.15, 0.2) is 12.1 Å². The minimum atomic E-state index is -0.612. The second-order valence-corrected chi connectivity index (χ2v) is 5.98. The Morgan fingerprint density at radius 1 is 1.39 bits per heavy atom. The summed E-state index contributed by atoms with van der Waals surface area (Å²) in [5.41, 5.74) is 1.16. The lowest BCUT2D eigenvalue weighted by atomic mass is 9.81. The van der Waals surface area contributed by atoms with Gasteiger partial charge in [-0.2, -0.15) is 0 Å². The summed E-state index contributed by atoms with van der Waals surface area (Å²) in [4.78, 5) is 0. The third kappa shape index (κ3) is 1.45. The molecule has 1 N–H and O–H groups in total. The van der Waals surface area contributed by atoms with Crippen LogP contribution < -0.4 is 0 Å². The third-order valence-electron chi connectivity index (χ3n) is 4.40. The molecule has 3 aliphatic heterocycles. The second kappa shape index (κ2) is 3.55. The molecule has 0 aromatic rings. The highest BCUT2D eigenvalue weighted by Crippen LogP contribution is 2.49. The number of ether oxygens (including phenoxy) is 4. The summed E-state index contributed by atoms with van der Waals surface area (Å²) in [6, 6.07) is 0. The van der Waals surface area contributed by atoms with Gasteiger partial charge in [-0.3, -0.25) is 0 Å². The van der Waals surface area contributed by atoms with Gasteiger partial charge in [0.05, 0.1) is 25.4 Å². The molecule has 1 aliphatic carbocycles. The first-order chi connectivity index (χ1) is 8.55. The predicted octanol–water partition coefficient (Wildman–Crippen LogP) is 0.426. The summed E-state index contributed by atoms with van der Waals surface area (Å²) in [6.45, 7) is 4.85. The monoisotopic (exact) mass is 254 g/mol. The minimum Gasteiger partial charge on any atom is -0.389 e. The van der Waals surface area contributed by atoms with Crippen molar-refractivity contribution >= 4 is 0 Å². The van der Waals surface area contributed by atoms with Crippen LogP contribution in [-0.4, -0.2) is 48.7 Å². The van der Waals surface area contributed by atoms with Crippen LogP contribution in [0.4, 0.5) is 0 Å². The summed E-state index contributed by atoms with van der Waals surface area (Å²) in [7, 11) is 0. The molecule has 3 heterocycles. The Morgan fingerprint density at radius 3 is 3.06 bits per heavy atom. The van der Waals surface area contributed by atoms with Gasteiger partial charge in [0.25, 0.3) is 0 Å². The quantitative estimate of drug-likeness (QED) is 0.635. The Morgan fingerprint density at radius 2 is 2.22 bits per heavy atom. The molecule has 0 aromatic carbocycles. The van der Waals surface area contributed by atoms with Crippen LogP contribution in [-0.2, 0) is 18.9 Å². The molecule has 0 amide bonds. The van der Waals surface area contributed by atoms with Crippen molar-refractivity contribution in [3.63, 3.8) is 0 Å². The van der Waals surface area contributed by atoms with Gasteiger partial charge in [0, 0.05) is 11.8 Å². The van der Waals surface area contributed by atoms with E-state index < -0.39 is 11.9 Å². The minimum absolute atomic E-state index is 0.0365. The van der Waals surface area contributed by atoms with Gasteiger partial charge >= 0.3 is 0 Å². The molecule has 5 nitrogen and oxygen atoms in total. The van der Waals surface area contributed by atoms with Crippen molar-refractivity contribution in [2.45, 2.75) is 44.2 Å². The molecule has 0 saturated carbocycles. The molecule has 0 unspecified atom stereocenters. The molecule has 4 aliphatic rings. The van der Waals surface area contributed by atoms with Crippen molar-refractivity contribution in [2.24, 2.45) is 11.8 Å². The van der Waals surface area contributed by atoms with Crippen molar-refractivity contribution in [2.75, 3.05) is 13.2 Å². The number of hydrogen-bond acceptors (Lipinski definition) is 5. The van der Waals surface area contributed by atoms with E-state index in [1.54, 1.807) is 0 Å². The fourth-order valence-electron chi connectivity index (χ4n) is 3.64. The van der Waals surface area contributed by atoms with E-state index in [-0.39, 0.29) is 30.3 Å². The Bertz CT molecular complexity index is 404. The van der Waals surface area contributed by atoms with Gasteiger partial charge in [-0.25, -0.2) is 0 Å². The zero-order valence-electron chi connectivity index (χ0n) is 10.5. The normalized spacial score (nSPS) is 52.7. The third-order valence-corrected chi connectivity index (χ3v) is 4.40. The van der Waals surface area contributed by atoms with Gasteiger partial charge in [-0.1, -0.05) is 6.08 Å². The predicted molar refractivity (Wildman–Crippen MR) is 60.6 cm³/mol. The Balaban J connectivity index is 1.68. The standard InChI is InChI=1S/C13H18O5/c1-13(2)16-5-8-11(18-13)10-7(14)3-6-4-15-12(17-8)9(6)10/h3,7-12,14H,4-5H2,1-2H3/t7-,8+,9-,10-,11+,12-/m0/s1. The van der Waals surface area contributed by atoms with E-state index in [1.807, 2.05) is 19.9 Å². The van der Waals surface area contributed by atoms with Gasteiger partial charge in [-0.15, -0.1) is 0 Å². The first-order valence-electron chi connectivity index (χ1n) is 6.53. The van der Waals surface area contributed by atoms with Crippen LogP contribution in [0.3, 0.4) is 0 Å². The molecular weight excluding hydrogens is 236 g/mol. The topological polar surface area (TPSA) is 57.2 Å². The van der Waals surface area contributed by atoms with Gasteiger partial charge in [0.2, 0.25) is 0 Å². The molecule has 4 rings (SSSR count). The lowest BCUT2D eigenvalue weighted by Gasteiger charge is -2.49. The lowest BCUT2D eigenvalue weighted by Crippen LogP contribution is -2.60. The summed E-state index contributed by atoms with van der Waals surface area (Å²) in [5, 5.41) is 10.2. The average Bonchev–Trinajstić information content (AvgIpc) is 2.82. The van der Waals surface area contributed by atoms with Gasteiger partial charge < -0.3 is 24.1 Å². The molecule has 3 saturated heterocycles. The largest absolute Gasteiger partial charge is 0.389 e. The van der Waals surface area contributed by atoms with Crippen LogP contribution in [0.5, 0.6) is 0 Å². The first-order valence-corrected chi connectivity index (χ1v) is 6.53. The van der Waals surface area contributed by atoms with E-state index in [9.17, 15) is 5.11 Å². The molecule has 0 spiro atoms. The summed E-state index contributed by atoms with van der Waals surface area (Å²) < 4.78 is 23.2. The van der Waals surface area contributed by atoms with Crippen molar-refractivity contribution in [3.05, 3.63) is 11.6 Å². The summed E-state index contributed by atoms with van der Waals surface area (Å²) in [6.07, 6.45) is 0.937. The zero-order valence-corrected chi connectivity index (χ0v) is 10.5. The Kier molecular flexibility index (Phi) is 2.24. The van der Waals surface area contributed by atoms with Crippen LogP contribution in [0.25, 0.3) is 0 Å². The van der Waals surface area contributed by atoms with E-state index >= 15 is 0 Å². The van der Waals surface area contributed by atoms with E-state index in [1.165, 1.54) is 0 Å². The van der Waals surface area contributed by atoms with Crippen molar-refractivity contribution in [1.82, 2.24) is 0 Å². The molecule has 6 atom stereocenters. The van der Waals surface area contributed by atoms with Crippen LogP contribution >= 0.6 is 0 Å². The van der Waals surface area contributed by atoms with E-state index in [0.29, 0.717) is 13.2 Å². The number of fused-ring (bicyclic) bond motifs is 2. The Hall–Kier alpha value is -0.460. The van der Waals surface area contributed by atoms with Gasteiger partial charge in [-0.05, 0) is 19.4 Å². The number of aliphatic hydroxyl groups excluding tert-OH is 1. The van der Waals surface area contributed by atoms with Crippen LogP contribution in [0, 0.1) is 11.8 Å². The molecule has 5 heteroatoms. The maximum absolute atomic E-state index is 10.2. The summed E-state index contributed by atoms with van der Waals surface area (Å²) in [5.74, 6) is -0.427. The highest BCUT2D eigenvalue weighted by atomic mass is 16.8. The van der Waals surface area contributed by atoms with Crippen molar-refractivity contribution in [3.8, 4) is 0 Å².